The summed E-state index contributed by atoms with van der Waals surface area (Å²) in [6.07, 6.45) is -4.34. The lowest BCUT2D eigenvalue weighted by Crippen LogP contribution is -2.38. The van der Waals surface area contributed by atoms with E-state index in [2.05, 4.69) is 0 Å². The van der Waals surface area contributed by atoms with E-state index < -0.39 is 25.2 Å². The Morgan fingerprint density at radius 1 is 1.43 bits per heavy atom. The van der Waals surface area contributed by atoms with Crippen molar-refractivity contribution in [2.24, 2.45) is 0 Å². The molecule has 0 bridgehead atoms. The number of hydrogen-bond donors (Lipinski definition) is 2. The number of phenolic OH excluding ortho intramolecular Hbond substituents is 1. The molecule has 1 aromatic rings. The summed E-state index contributed by atoms with van der Waals surface area (Å²) in [5, 5.41) is 11.5. The van der Waals surface area contributed by atoms with Crippen molar-refractivity contribution in [2.45, 2.75) is 12.7 Å². The third-order valence-corrected chi connectivity index (χ3v) is 2.69. The standard InChI is InChI=1S/C13H17F3N2O3/c1-18(12(20)6-17-8-13(14,15)16)7-9-3-4-10(19)11(5-9)21-2/h3-5,17,19H,6-8H2,1-2H3. The fraction of sp³-hybridized carbons (Fsp3) is 0.462. The highest BCUT2D eigenvalue weighted by Gasteiger charge is 2.26. The molecule has 0 aromatic heterocycles. The molecule has 2 N–H and O–H groups in total. The quantitative estimate of drug-likeness (QED) is 0.836. The van der Waals surface area contributed by atoms with Crippen LogP contribution in [0, 0.1) is 0 Å². The van der Waals surface area contributed by atoms with Gasteiger partial charge in [-0.2, -0.15) is 13.2 Å². The van der Waals surface area contributed by atoms with Crippen molar-refractivity contribution >= 4 is 5.91 Å². The fourth-order valence-corrected chi connectivity index (χ4v) is 1.63. The largest absolute Gasteiger partial charge is 0.504 e. The highest BCUT2D eigenvalue weighted by atomic mass is 19.4. The summed E-state index contributed by atoms with van der Waals surface area (Å²) >= 11 is 0. The van der Waals surface area contributed by atoms with E-state index in [1.807, 2.05) is 5.32 Å². The van der Waals surface area contributed by atoms with Crippen LogP contribution in [-0.4, -0.2) is 49.3 Å². The number of amides is 1. The SMILES string of the molecule is COc1cc(CN(C)C(=O)CNCC(F)(F)F)ccc1O. The molecule has 0 atom stereocenters. The number of aromatic hydroxyl groups is 1. The molecule has 1 rings (SSSR count). The van der Waals surface area contributed by atoms with Gasteiger partial charge in [0.2, 0.25) is 5.91 Å². The number of nitrogens with zero attached hydrogens (tertiary/aromatic N) is 1. The Morgan fingerprint density at radius 3 is 2.67 bits per heavy atom. The molecular weight excluding hydrogens is 289 g/mol. The summed E-state index contributed by atoms with van der Waals surface area (Å²) in [5.41, 5.74) is 0.691. The molecule has 0 aliphatic rings. The number of methoxy groups -OCH3 is 1. The van der Waals surface area contributed by atoms with Gasteiger partial charge < -0.3 is 20.1 Å². The minimum atomic E-state index is -4.34. The number of hydrogen-bond acceptors (Lipinski definition) is 4. The number of likely N-dealkylation sites (N-methyl/N-ethyl adjacent to an activating group) is 1. The summed E-state index contributed by atoms with van der Waals surface area (Å²) in [4.78, 5) is 13.0. The Labute approximate surface area is 120 Å². The van der Waals surface area contributed by atoms with Crippen molar-refractivity contribution in [1.82, 2.24) is 10.2 Å². The lowest BCUT2D eigenvalue weighted by Gasteiger charge is -2.18. The van der Waals surface area contributed by atoms with Crippen LogP contribution in [-0.2, 0) is 11.3 Å². The molecule has 0 heterocycles. The molecule has 0 saturated carbocycles. The number of carbonyl (C=O) groups excluding carboxylic acids is 1. The molecule has 21 heavy (non-hydrogen) atoms. The van der Waals surface area contributed by atoms with Crippen LogP contribution >= 0.6 is 0 Å². The zero-order valence-electron chi connectivity index (χ0n) is 11.7. The van der Waals surface area contributed by atoms with Crippen molar-refractivity contribution in [3.8, 4) is 11.5 Å². The number of ether oxygens (including phenoxy) is 1. The van der Waals surface area contributed by atoms with E-state index in [9.17, 15) is 23.1 Å². The van der Waals surface area contributed by atoms with E-state index in [-0.39, 0.29) is 18.0 Å². The van der Waals surface area contributed by atoms with Crippen LogP contribution < -0.4 is 10.1 Å². The van der Waals surface area contributed by atoms with E-state index in [1.165, 1.54) is 25.1 Å². The number of alkyl halides is 3. The molecule has 0 spiro atoms. The average Bonchev–Trinajstić information content (AvgIpc) is 2.39. The maximum Gasteiger partial charge on any atom is 0.401 e. The minimum absolute atomic E-state index is 0.0259. The highest BCUT2D eigenvalue weighted by molar-refractivity contribution is 5.78. The normalized spacial score (nSPS) is 11.3. The zero-order chi connectivity index (χ0) is 16.0. The molecule has 0 aliphatic carbocycles. The Hall–Kier alpha value is -1.96. The second kappa shape index (κ2) is 7.16. The average molecular weight is 306 g/mol. The number of nitrogens with one attached hydrogen (secondary N) is 1. The third kappa shape index (κ3) is 5.90. The van der Waals surface area contributed by atoms with Crippen LogP contribution in [0.25, 0.3) is 0 Å². The maximum absolute atomic E-state index is 12.0. The first-order chi connectivity index (χ1) is 9.73. The first kappa shape index (κ1) is 17.1. The summed E-state index contributed by atoms with van der Waals surface area (Å²) < 4.78 is 40.8. The van der Waals surface area contributed by atoms with Crippen molar-refractivity contribution < 1.29 is 27.8 Å². The predicted octanol–water partition coefficient (Wildman–Crippen LogP) is 1.51. The number of rotatable bonds is 6. The van der Waals surface area contributed by atoms with E-state index in [0.717, 1.165) is 0 Å². The van der Waals surface area contributed by atoms with Gasteiger partial charge in [-0.05, 0) is 17.7 Å². The first-order valence-electron chi connectivity index (χ1n) is 6.10. The van der Waals surface area contributed by atoms with Crippen molar-refractivity contribution in [1.29, 1.82) is 0 Å². The summed E-state index contributed by atoms with van der Waals surface area (Å²) in [7, 11) is 2.88. The van der Waals surface area contributed by atoms with Gasteiger partial charge in [0.1, 0.15) is 0 Å². The maximum atomic E-state index is 12.0. The number of halogens is 3. The van der Waals surface area contributed by atoms with Gasteiger partial charge in [-0.15, -0.1) is 0 Å². The fourth-order valence-electron chi connectivity index (χ4n) is 1.63. The lowest BCUT2D eigenvalue weighted by atomic mass is 10.2. The van der Waals surface area contributed by atoms with E-state index in [0.29, 0.717) is 5.56 Å². The van der Waals surface area contributed by atoms with Gasteiger partial charge in [-0.25, -0.2) is 0 Å². The molecule has 0 aliphatic heterocycles. The molecule has 1 amide bonds. The number of carbonyl (C=O) groups is 1. The van der Waals surface area contributed by atoms with Crippen molar-refractivity contribution in [2.75, 3.05) is 27.2 Å². The molecule has 0 radical (unpaired) electrons. The molecule has 0 fully saturated rings. The van der Waals surface area contributed by atoms with Gasteiger partial charge >= 0.3 is 6.18 Å². The van der Waals surface area contributed by atoms with Crippen LogP contribution in [0.1, 0.15) is 5.56 Å². The van der Waals surface area contributed by atoms with Crippen LogP contribution in [0.2, 0.25) is 0 Å². The van der Waals surface area contributed by atoms with E-state index in [4.69, 9.17) is 4.74 Å². The van der Waals surface area contributed by atoms with Gasteiger partial charge in [0.25, 0.3) is 0 Å². The van der Waals surface area contributed by atoms with Gasteiger partial charge in [0, 0.05) is 13.6 Å². The van der Waals surface area contributed by atoms with Crippen LogP contribution in [0.5, 0.6) is 11.5 Å². The summed E-state index contributed by atoms with van der Waals surface area (Å²) in [6.45, 7) is -1.41. The van der Waals surface area contributed by atoms with Crippen LogP contribution in [0.15, 0.2) is 18.2 Å². The smallest absolute Gasteiger partial charge is 0.401 e. The van der Waals surface area contributed by atoms with E-state index in [1.54, 1.807) is 12.1 Å². The molecule has 8 heteroatoms. The third-order valence-electron chi connectivity index (χ3n) is 2.69. The van der Waals surface area contributed by atoms with Gasteiger partial charge in [0.15, 0.2) is 11.5 Å². The Balaban J connectivity index is 2.52. The van der Waals surface area contributed by atoms with Crippen LogP contribution in [0.4, 0.5) is 13.2 Å². The molecular formula is C13H17F3N2O3. The molecule has 1 aromatic carbocycles. The molecule has 118 valence electrons. The van der Waals surface area contributed by atoms with Gasteiger partial charge in [-0.3, -0.25) is 4.79 Å². The highest BCUT2D eigenvalue weighted by Crippen LogP contribution is 2.26. The molecule has 5 nitrogen and oxygen atoms in total. The summed E-state index contributed by atoms with van der Waals surface area (Å²) in [6, 6.07) is 4.58. The zero-order valence-corrected chi connectivity index (χ0v) is 11.7. The second-order valence-corrected chi connectivity index (χ2v) is 4.47. The van der Waals surface area contributed by atoms with Crippen LogP contribution in [0.3, 0.4) is 0 Å². The first-order valence-corrected chi connectivity index (χ1v) is 6.10. The molecule has 0 unspecified atom stereocenters. The topological polar surface area (TPSA) is 61.8 Å². The predicted molar refractivity (Wildman–Crippen MR) is 70.1 cm³/mol. The monoisotopic (exact) mass is 306 g/mol. The van der Waals surface area contributed by atoms with Gasteiger partial charge in [0.05, 0.1) is 20.2 Å². The lowest BCUT2D eigenvalue weighted by molar-refractivity contribution is -0.133. The minimum Gasteiger partial charge on any atom is -0.504 e. The number of phenols is 1. The Kier molecular flexibility index (Phi) is 5.83. The van der Waals surface area contributed by atoms with Crippen molar-refractivity contribution in [3.63, 3.8) is 0 Å². The van der Waals surface area contributed by atoms with E-state index >= 15 is 0 Å². The Morgan fingerprint density at radius 2 is 2.10 bits per heavy atom. The number of benzene rings is 1. The van der Waals surface area contributed by atoms with Crippen molar-refractivity contribution in [3.05, 3.63) is 23.8 Å². The molecule has 0 saturated heterocycles. The van der Waals surface area contributed by atoms with Gasteiger partial charge in [-0.1, -0.05) is 6.07 Å². The second-order valence-electron chi connectivity index (χ2n) is 4.47. The Bertz CT molecular complexity index is 492. The summed E-state index contributed by atoms with van der Waals surface area (Å²) in [5.74, 6) is -0.225.